The Morgan fingerprint density at radius 1 is 1.50 bits per heavy atom. The van der Waals surface area contributed by atoms with Gasteiger partial charge in [0, 0.05) is 19.2 Å². The molecule has 1 heterocycles. The van der Waals surface area contributed by atoms with E-state index in [9.17, 15) is 4.79 Å². The van der Waals surface area contributed by atoms with E-state index in [1.54, 1.807) is 11.9 Å². The molecule has 0 amide bonds. The van der Waals surface area contributed by atoms with Gasteiger partial charge >= 0.3 is 5.97 Å². The zero-order chi connectivity index (χ0) is 8.81. The van der Waals surface area contributed by atoms with Crippen molar-refractivity contribution in [3.63, 3.8) is 0 Å². The first-order valence-electron chi connectivity index (χ1n) is 3.77. The summed E-state index contributed by atoms with van der Waals surface area (Å²) in [6.07, 6.45) is 6.79. The largest absolute Gasteiger partial charge is 0.481 e. The normalized spacial score (nSPS) is 15.2. The number of nitrogens with zero attached hydrogens (tertiary/aromatic N) is 1. The van der Waals surface area contributed by atoms with Gasteiger partial charge in [-0.25, -0.2) is 0 Å². The monoisotopic (exact) mass is 185 g/mol. The third-order valence-electron chi connectivity index (χ3n) is 1.41. The maximum atomic E-state index is 10.2. The average Bonchev–Trinajstić information content (AvgIpc) is 2.05. The highest BCUT2D eigenvalue weighted by atomic mass is 32.2. The van der Waals surface area contributed by atoms with Gasteiger partial charge in [0.25, 0.3) is 0 Å². The Kier molecular flexibility index (Phi) is 3.73. The first-order chi connectivity index (χ1) is 5.79. The molecule has 0 bridgehead atoms. The molecule has 1 aliphatic rings. The van der Waals surface area contributed by atoms with Crippen LogP contribution in [0.2, 0.25) is 0 Å². The Labute approximate surface area is 75.9 Å². The highest BCUT2D eigenvalue weighted by molar-refractivity contribution is 8.00. The molecule has 1 N–H and O–H groups in total. The second kappa shape index (κ2) is 4.87. The number of carboxylic acids is 1. The first-order valence-corrected chi connectivity index (χ1v) is 4.61. The summed E-state index contributed by atoms with van der Waals surface area (Å²) in [7, 11) is 0. The Bertz CT molecular complexity index is 213. The molecule has 0 aromatic carbocycles. The second-order valence-electron chi connectivity index (χ2n) is 2.41. The standard InChI is InChI=1S/C8H11NO2S/c10-8(11)4-3-6-9-5-1-2-7-12-9/h1-2,5,7H,3-4,6H2,(H,10,11). The zero-order valence-corrected chi connectivity index (χ0v) is 7.46. The van der Waals surface area contributed by atoms with E-state index < -0.39 is 5.97 Å². The van der Waals surface area contributed by atoms with Crippen LogP contribution in [-0.2, 0) is 4.79 Å². The number of carbonyl (C=O) groups is 1. The van der Waals surface area contributed by atoms with Crippen molar-refractivity contribution in [1.82, 2.24) is 4.31 Å². The van der Waals surface area contributed by atoms with Crippen molar-refractivity contribution in [3.05, 3.63) is 23.8 Å². The van der Waals surface area contributed by atoms with Gasteiger partial charge in [-0.05, 0) is 29.9 Å². The SMILES string of the molecule is O=C(O)CCCN1C=CC=CS1. The van der Waals surface area contributed by atoms with Crippen molar-refractivity contribution in [1.29, 1.82) is 0 Å². The van der Waals surface area contributed by atoms with Gasteiger partial charge in [-0.15, -0.1) is 0 Å². The molecule has 0 saturated heterocycles. The molecule has 12 heavy (non-hydrogen) atoms. The fraction of sp³-hybridized carbons (Fsp3) is 0.375. The van der Waals surface area contributed by atoms with Crippen LogP contribution in [0.5, 0.6) is 0 Å². The van der Waals surface area contributed by atoms with Crippen LogP contribution in [-0.4, -0.2) is 21.9 Å². The van der Waals surface area contributed by atoms with Gasteiger partial charge in [-0.3, -0.25) is 4.79 Å². The lowest BCUT2D eigenvalue weighted by Crippen LogP contribution is -2.11. The van der Waals surface area contributed by atoms with E-state index in [0.29, 0.717) is 6.42 Å². The van der Waals surface area contributed by atoms with E-state index in [4.69, 9.17) is 5.11 Å². The summed E-state index contributed by atoms with van der Waals surface area (Å²) in [6, 6.07) is 0. The molecule has 0 atom stereocenters. The third-order valence-corrected chi connectivity index (χ3v) is 2.26. The predicted octanol–water partition coefficient (Wildman–Crippen LogP) is 1.84. The van der Waals surface area contributed by atoms with Gasteiger partial charge in [0.1, 0.15) is 0 Å². The molecule has 0 unspecified atom stereocenters. The van der Waals surface area contributed by atoms with Crippen LogP contribution >= 0.6 is 11.9 Å². The number of allylic oxidation sites excluding steroid dienone is 2. The van der Waals surface area contributed by atoms with Crippen molar-refractivity contribution < 1.29 is 9.90 Å². The summed E-state index contributed by atoms with van der Waals surface area (Å²) in [5, 5.41) is 10.4. The molecule has 0 fully saturated rings. The molecule has 3 nitrogen and oxygen atoms in total. The molecular formula is C8H11NO2S. The maximum Gasteiger partial charge on any atom is 0.303 e. The molecule has 0 saturated carbocycles. The molecule has 1 aliphatic heterocycles. The highest BCUT2D eigenvalue weighted by Gasteiger charge is 2.02. The number of aliphatic carboxylic acids is 1. The Morgan fingerprint density at radius 3 is 2.92 bits per heavy atom. The molecule has 1 rings (SSSR count). The van der Waals surface area contributed by atoms with Gasteiger partial charge in [0.05, 0.1) is 0 Å². The number of rotatable bonds is 4. The minimum atomic E-state index is -0.725. The van der Waals surface area contributed by atoms with Crippen molar-refractivity contribution in [2.24, 2.45) is 0 Å². The number of hydrogen-bond donors (Lipinski definition) is 1. The molecule has 0 spiro atoms. The topological polar surface area (TPSA) is 40.5 Å². The maximum absolute atomic E-state index is 10.2. The minimum absolute atomic E-state index is 0.245. The van der Waals surface area contributed by atoms with Crippen LogP contribution in [0.15, 0.2) is 23.8 Å². The van der Waals surface area contributed by atoms with E-state index in [1.165, 1.54) is 0 Å². The Morgan fingerprint density at radius 2 is 2.33 bits per heavy atom. The molecular weight excluding hydrogens is 174 g/mol. The van der Waals surface area contributed by atoms with E-state index in [-0.39, 0.29) is 6.42 Å². The fourth-order valence-electron chi connectivity index (χ4n) is 0.853. The van der Waals surface area contributed by atoms with Crippen molar-refractivity contribution >= 4 is 17.9 Å². The molecule has 4 heteroatoms. The van der Waals surface area contributed by atoms with E-state index in [2.05, 4.69) is 0 Å². The van der Waals surface area contributed by atoms with Crippen LogP contribution in [0.1, 0.15) is 12.8 Å². The fourth-order valence-corrected chi connectivity index (χ4v) is 1.55. The van der Waals surface area contributed by atoms with Gasteiger partial charge < -0.3 is 9.41 Å². The Balaban J connectivity index is 2.11. The molecule has 0 aliphatic carbocycles. The van der Waals surface area contributed by atoms with Crippen LogP contribution < -0.4 is 0 Å². The number of hydrogen-bond acceptors (Lipinski definition) is 3. The molecule has 0 aromatic heterocycles. The van der Waals surface area contributed by atoms with Crippen molar-refractivity contribution in [2.75, 3.05) is 6.54 Å². The minimum Gasteiger partial charge on any atom is -0.481 e. The van der Waals surface area contributed by atoms with Crippen LogP contribution in [0.3, 0.4) is 0 Å². The van der Waals surface area contributed by atoms with Crippen LogP contribution in [0, 0.1) is 0 Å². The molecule has 66 valence electrons. The molecule has 0 radical (unpaired) electrons. The van der Waals surface area contributed by atoms with E-state index >= 15 is 0 Å². The van der Waals surface area contributed by atoms with Crippen molar-refractivity contribution in [3.8, 4) is 0 Å². The van der Waals surface area contributed by atoms with E-state index in [0.717, 1.165) is 6.54 Å². The van der Waals surface area contributed by atoms with Gasteiger partial charge in [0.15, 0.2) is 0 Å². The summed E-state index contributed by atoms with van der Waals surface area (Å²) in [4.78, 5) is 10.2. The summed E-state index contributed by atoms with van der Waals surface area (Å²) < 4.78 is 2.02. The van der Waals surface area contributed by atoms with Gasteiger partial charge in [-0.1, -0.05) is 6.08 Å². The Hall–Kier alpha value is -0.900. The lowest BCUT2D eigenvalue weighted by molar-refractivity contribution is -0.137. The van der Waals surface area contributed by atoms with Crippen LogP contribution in [0.25, 0.3) is 0 Å². The lowest BCUT2D eigenvalue weighted by atomic mass is 10.3. The van der Waals surface area contributed by atoms with Gasteiger partial charge in [-0.2, -0.15) is 0 Å². The summed E-state index contributed by atoms with van der Waals surface area (Å²) in [6.45, 7) is 0.789. The first kappa shape index (κ1) is 9.19. The number of carboxylic acid groups (broad SMARTS) is 1. The van der Waals surface area contributed by atoms with Crippen LogP contribution in [0.4, 0.5) is 0 Å². The lowest BCUT2D eigenvalue weighted by Gasteiger charge is -2.17. The predicted molar refractivity (Wildman–Crippen MR) is 49.4 cm³/mol. The summed E-state index contributed by atoms with van der Waals surface area (Å²) in [5.74, 6) is -0.725. The second-order valence-corrected chi connectivity index (χ2v) is 3.37. The van der Waals surface area contributed by atoms with Crippen molar-refractivity contribution in [2.45, 2.75) is 12.8 Å². The average molecular weight is 185 g/mol. The summed E-state index contributed by atoms with van der Waals surface area (Å²) >= 11 is 1.59. The van der Waals surface area contributed by atoms with E-state index in [1.807, 2.05) is 28.1 Å². The smallest absolute Gasteiger partial charge is 0.303 e. The zero-order valence-electron chi connectivity index (χ0n) is 6.64. The van der Waals surface area contributed by atoms with Gasteiger partial charge in [0.2, 0.25) is 0 Å². The quantitative estimate of drug-likeness (QED) is 0.678. The summed E-state index contributed by atoms with van der Waals surface area (Å²) in [5.41, 5.74) is 0. The highest BCUT2D eigenvalue weighted by Crippen LogP contribution is 2.16. The third kappa shape index (κ3) is 3.48. The molecule has 0 aromatic rings.